The number of anilines is 1. The molecule has 1 unspecified atom stereocenters. The lowest BCUT2D eigenvalue weighted by atomic mass is 10.1. The van der Waals surface area contributed by atoms with E-state index in [2.05, 4.69) is 6.58 Å². The number of ether oxygens (including phenoxy) is 1. The molecule has 3 rings (SSSR count). The first-order valence-corrected chi connectivity index (χ1v) is 7.45. The Balaban J connectivity index is 1.94. The molecule has 1 heterocycles. The van der Waals surface area contributed by atoms with Crippen molar-refractivity contribution in [3.8, 4) is 5.75 Å². The Bertz CT molecular complexity index is 724. The van der Waals surface area contributed by atoms with Gasteiger partial charge in [0.15, 0.2) is 6.10 Å². The van der Waals surface area contributed by atoms with Gasteiger partial charge < -0.3 is 9.64 Å². The van der Waals surface area contributed by atoms with Crippen molar-refractivity contribution in [1.29, 1.82) is 0 Å². The van der Waals surface area contributed by atoms with Crippen LogP contribution in [-0.4, -0.2) is 12.0 Å². The van der Waals surface area contributed by atoms with Crippen LogP contribution in [0.15, 0.2) is 49.0 Å². The summed E-state index contributed by atoms with van der Waals surface area (Å²) in [6, 6.07) is 13.3. The molecule has 0 saturated heterocycles. The molecule has 1 atom stereocenters. The van der Waals surface area contributed by atoms with Gasteiger partial charge in [0.05, 0.1) is 12.2 Å². The van der Waals surface area contributed by atoms with Crippen LogP contribution in [-0.2, 0) is 11.3 Å². The Morgan fingerprint density at radius 1 is 1.27 bits per heavy atom. The molecule has 22 heavy (non-hydrogen) atoms. The molecule has 0 aliphatic carbocycles. The number of amides is 1. The van der Waals surface area contributed by atoms with Gasteiger partial charge in [0, 0.05) is 11.1 Å². The maximum atomic E-state index is 12.5. The summed E-state index contributed by atoms with van der Waals surface area (Å²) < 4.78 is 5.64. The summed E-state index contributed by atoms with van der Waals surface area (Å²) in [5, 5.41) is 0.593. The van der Waals surface area contributed by atoms with Gasteiger partial charge in [-0.15, -0.1) is 0 Å². The van der Waals surface area contributed by atoms with Crippen LogP contribution in [0.3, 0.4) is 0 Å². The van der Waals surface area contributed by atoms with Gasteiger partial charge in [-0.05, 0) is 30.2 Å². The minimum absolute atomic E-state index is 0.0531. The minimum Gasteiger partial charge on any atom is -0.479 e. The van der Waals surface area contributed by atoms with E-state index in [1.54, 1.807) is 30.0 Å². The van der Waals surface area contributed by atoms with E-state index in [-0.39, 0.29) is 5.91 Å². The van der Waals surface area contributed by atoms with E-state index in [1.165, 1.54) is 0 Å². The van der Waals surface area contributed by atoms with Gasteiger partial charge >= 0.3 is 0 Å². The third kappa shape index (κ3) is 2.72. The summed E-state index contributed by atoms with van der Waals surface area (Å²) >= 11 is 6.01. The molecule has 1 aliphatic heterocycles. The largest absolute Gasteiger partial charge is 0.479 e. The van der Waals surface area contributed by atoms with Crippen LogP contribution in [0.1, 0.15) is 18.1 Å². The minimum atomic E-state index is -0.515. The van der Waals surface area contributed by atoms with Crippen molar-refractivity contribution in [3.05, 3.63) is 65.2 Å². The Morgan fingerprint density at radius 2 is 2.00 bits per heavy atom. The fourth-order valence-corrected chi connectivity index (χ4v) is 2.65. The van der Waals surface area contributed by atoms with Crippen molar-refractivity contribution in [2.24, 2.45) is 0 Å². The fourth-order valence-electron chi connectivity index (χ4n) is 2.49. The second-order valence-corrected chi connectivity index (χ2v) is 5.68. The number of carbonyl (C=O) groups excluding carboxylic acids is 1. The highest BCUT2D eigenvalue weighted by Gasteiger charge is 2.31. The molecule has 3 nitrogen and oxygen atoms in total. The normalized spacial score (nSPS) is 16.9. The second kappa shape index (κ2) is 5.85. The molecule has 0 saturated carbocycles. The van der Waals surface area contributed by atoms with Crippen LogP contribution in [0.25, 0.3) is 6.08 Å². The quantitative estimate of drug-likeness (QED) is 0.845. The van der Waals surface area contributed by atoms with Crippen LogP contribution in [0.5, 0.6) is 5.75 Å². The van der Waals surface area contributed by atoms with E-state index < -0.39 is 6.10 Å². The van der Waals surface area contributed by atoms with E-state index in [0.717, 1.165) is 16.8 Å². The maximum absolute atomic E-state index is 12.5. The van der Waals surface area contributed by atoms with E-state index in [4.69, 9.17) is 16.3 Å². The van der Waals surface area contributed by atoms with Gasteiger partial charge in [-0.1, -0.05) is 48.5 Å². The van der Waals surface area contributed by atoms with Crippen LogP contribution < -0.4 is 9.64 Å². The number of nitrogens with zero attached hydrogens (tertiary/aromatic N) is 1. The molecule has 0 N–H and O–H groups in total. The first-order chi connectivity index (χ1) is 10.6. The van der Waals surface area contributed by atoms with Crippen LogP contribution in [0.2, 0.25) is 5.02 Å². The topological polar surface area (TPSA) is 29.5 Å². The smallest absolute Gasteiger partial charge is 0.268 e. The van der Waals surface area contributed by atoms with Gasteiger partial charge in [-0.3, -0.25) is 4.79 Å². The predicted molar refractivity (Wildman–Crippen MR) is 89.3 cm³/mol. The zero-order valence-corrected chi connectivity index (χ0v) is 13.0. The summed E-state index contributed by atoms with van der Waals surface area (Å²) in [7, 11) is 0. The number of hydrogen-bond acceptors (Lipinski definition) is 2. The lowest BCUT2D eigenvalue weighted by molar-refractivity contribution is -0.125. The summed E-state index contributed by atoms with van der Waals surface area (Å²) in [6.45, 7) is 5.99. The number of hydrogen-bond donors (Lipinski definition) is 0. The van der Waals surface area contributed by atoms with Gasteiger partial charge in [0.1, 0.15) is 5.75 Å². The summed E-state index contributed by atoms with van der Waals surface area (Å²) in [5.74, 6) is 0.588. The van der Waals surface area contributed by atoms with E-state index in [1.807, 2.05) is 30.3 Å². The molecule has 2 aromatic carbocycles. The van der Waals surface area contributed by atoms with E-state index in [0.29, 0.717) is 17.3 Å². The molecule has 0 radical (unpaired) electrons. The number of halogens is 1. The van der Waals surface area contributed by atoms with Gasteiger partial charge in [0.2, 0.25) is 0 Å². The Hall–Kier alpha value is -2.26. The highest BCUT2D eigenvalue weighted by atomic mass is 35.5. The standard InChI is InChI=1S/C18H16ClNO2/c1-3-13-4-6-14(7-5-13)11-20-16-9-8-15(19)10-17(16)22-12(2)18(20)21/h3-10,12H,1,11H2,2H3. The van der Waals surface area contributed by atoms with Gasteiger partial charge in [-0.25, -0.2) is 0 Å². The molecule has 1 amide bonds. The van der Waals surface area contributed by atoms with E-state index >= 15 is 0 Å². The van der Waals surface area contributed by atoms with Crippen molar-refractivity contribution in [2.45, 2.75) is 19.6 Å². The molecule has 0 fully saturated rings. The molecular weight excluding hydrogens is 298 g/mol. The molecule has 2 aromatic rings. The third-order valence-corrected chi connectivity index (χ3v) is 3.92. The zero-order chi connectivity index (χ0) is 15.7. The fraction of sp³-hybridized carbons (Fsp3) is 0.167. The maximum Gasteiger partial charge on any atom is 0.268 e. The summed E-state index contributed by atoms with van der Waals surface area (Å²) in [4.78, 5) is 14.2. The van der Waals surface area contributed by atoms with Crippen LogP contribution in [0, 0.1) is 0 Å². The Labute approximate surface area is 134 Å². The van der Waals surface area contributed by atoms with Crippen molar-refractivity contribution < 1.29 is 9.53 Å². The average Bonchev–Trinajstić information content (AvgIpc) is 2.52. The SMILES string of the molecule is C=Cc1ccc(CN2C(=O)C(C)Oc3cc(Cl)ccc32)cc1. The molecule has 0 spiro atoms. The molecule has 0 bridgehead atoms. The van der Waals surface area contributed by atoms with Crippen molar-refractivity contribution in [2.75, 3.05) is 4.90 Å². The molecule has 0 aromatic heterocycles. The molecular formula is C18H16ClNO2. The van der Waals surface area contributed by atoms with Crippen molar-refractivity contribution in [3.63, 3.8) is 0 Å². The third-order valence-electron chi connectivity index (χ3n) is 3.69. The number of carbonyl (C=O) groups is 1. The zero-order valence-electron chi connectivity index (χ0n) is 12.3. The lowest BCUT2D eigenvalue weighted by Crippen LogP contribution is -2.43. The van der Waals surface area contributed by atoms with Crippen LogP contribution in [0.4, 0.5) is 5.69 Å². The molecule has 1 aliphatic rings. The Morgan fingerprint density at radius 3 is 2.68 bits per heavy atom. The summed E-state index contributed by atoms with van der Waals surface area (Å²) in [6.07, 6.45) is 1.28. The van der Waals surface area contributed by atoms with Crippen molar-refractivity contribution in [1.82, 2.24) is 0 Å². The highest BCUT2D eigenvalue weighted by molar-refractivity contribution is 6.30. The molecule has 112 valence electrons. The number of rotatable bonds is 3. The molecule has 4 heteroatoms. The highest BCUT2D eigenvalue weighted by Crippen LogP contribution is 2.36. The average molecular weight is 314 g/mol. The van der Waals surface area contributed by atoms with Crippen LogP contribution >= 0.6 is 11.6 Å². The van der Waals surface area contributed by atoms with Gasteiger partial charge in [0.25, 0.3) is 5.91 Å². The van der Waals surface area contributed by atoms with E-state index in [9.17, 15) is 4.79 Å². The lowest BCUT2D eigenvalue weighted by Gasteiger charge is -2.33. The first-order valence-electron chi connectivity index (χ1n) is 7.07. The second-order valence-electron chi connectivity index (χ2n) is 5.24. The Kier molecular flexibility index (Phi) is 3.90. The number of fused-ring (bicyclic) bond motifs is 1. The van der Waals surface area contributed by atoms with Gasteiger partial charge in [-0.2, -0.15) is 0 Å². The number of benzene rings is 2. The summed E-state index contributed by atoms with van der Waals surface area (Å²) in [5.41, 5.74) is 2.85. The monoisotopic (exact) mass is 313 g/mol. The predicted octanol–water partition coefficient (Wildman–Crippen LogP) is 4.30. The van der Waals surface area contributed by atoms with Crippen molar-refractivity contribution >= 4 is 29.3 Å². The first kappa shape index (κ1) is 14.7.